The minimum atomic E-state index is -0.152. The zero-order valence-electron chi connectivity index (χ0n) is 11.6. The van der Waals surface area contributed by atoms with Gasteiger partial charge in [0, 0.05) is 12.5 Å². The Hall–Kier alpha value is -1.55. The highest BCUT2D eigenvalue weighted by Gasteiger charge is 2.22. The normalized spacial score (nSPS) is 17.1. The second kappa shape index (κ2) is 6.06. The number of carbonyl (C=O) groups is 1. The number of carbonyl (C=O) groups excluding carboxylic acids is 1. The highest BCUT2D eigenvalue weighted by atomic mass is 16.5. The Morgan fingerprint density at radius 1 is 1.42 bits per heavy atom. The molecule has 0 amide bonds. The lowest BCUT2D eigenvalue weighted by Gasteiger charge is -2.11. The lowest BCUT2D eigenvalue weighted by molar-refractivity contribution is -0.143. The number of nitrogens with two attached hydrogens (primary N) is 1. The smallest absolute Gasteiger partial charge is 0.306 e. The van der Waals surface area contributed by atoms with E-state index in [1.54, 1.807) is 7.11 Å². The third-order valence-electron chi connectivity index (χ3n) is 3.50. The monoisotopic (exact) mass is 263 g/mol. The van der Waals surface area contributed by atoms with Gasteiger partial charge in [-0.05, 0) is 55.0 Å². The van der Waals surface area contributed by atoms with Crippen LogP contribution in [0.2, 0.25) is 0 Å². The van der Waals surface area contributed by atoms with Crippen molar-refractivity contribution in [2.45, 2.75) is 38.6 Å². The Kier molecular flexibility index (Phi) is 4.43. The van der Waals surface area contributed by atoms with E-state index in [0.29, 0.717) is 19.4 Å². The van der Waals surface area contributed by atoms with Crippen molar-refractivity contribution >= 4 is 5.97 Å². The first-order valence-corrected chi connectivity index (χ1v) is 6.74. The van der Waals surface area contributed by atoms with Gasteiger partial charge in [-0.1, -0.05) is 0 Å². The number of benzene rings is 1. The largest absolute Gasteiger partial charge is 0.497 e. The molecule has 4 heteroatoms. The zero-order chi connectivity index (χ0) is 13.8. The summed E-state index contributed by atoms with van der Waals surface area (Å²) in [6.07, 6.45) is 2.87. The van der Waals surface area contributed by atoms with Gasteiger partial charge in [0.15, 0.2) is 0 Å². The number of aryl methyl sites for hydroxylation is 1. The van der Waals surface area contributed by atoms with Gasteiger partial charge in [-0.3, -0.25) is 4.79 Å². The van der Waals surface area contributed by atoms with Crippen LogP contribution in [0.15, 0.2) is 12.1 Å². The standard InChI is InChI=1S/C15H21NO3/c1-3-19-15(17)5-4-10-7-13(18-2)8-11-6-12(16)9-14(10)11/h7-8,12H,3-6,9,16H2,1-2H3. The molecule has 2 N–H and O–H groups in total. The molecule has 0 saturated carbocycles. The molecule has 19 heavy (non-hydrogen) atoms. The lowest BCUT2D eigenvalue weighted by atomic mass is 9.99. The number of ether oxygens (including phenoxy) is 2. The molecule has 1 aliphatic rings. The molecule has 1 aromatic rings. The van der Waals surface area contributed by atoms with Crippen LogP contribution in [0.25, 0.3) is 0 Å². The Morgan fingerprint density at radius 2 is 2.21 bits per heavy atom. The van der Waals surface area contributed by atoms with Gasteiger partial charge in [0.05, 0.1) is 13.7 Å². The molecule has 2 rings (SSSR count). The van der Waals surface area contributed by atoms with E-state index >= 15 is 0 Å². The highest BCUT2D eigenvalue weighted by molar-refractivity contribution is 5.69. The van der Waals surface area contributed by atoms with Gasteiger partial charge in [0.1, 0.15) is 5.75 Å². The van der Waals surface area contributed by atoms with E-state index < -0.39 is 0 Å². The molecule has 0 saturated heterocycles. The van der Waals surface area contributed by atoms with Crippen molar-refractivity contribution in [3.8, 4) is 5.75 Å². The molecule has 1 aromatic carbocycles. The van der Waals surface area contributed by atoms with Gasteiger partial charge in [-0.2, -0.15) is 0 Å². The van der Waals surface area contributed by atoms with E-state index in [2.05, 4.69) is 6.07 Å². The van der Waals surface area contributed by atoms with Crippen LogP contribution in [0, 0.1) is 0 Å². The maximum atomic E-state index is 11.5. The molecule has 104 valence electrons. The molecule has 1 atom stereocenters. The number of fused-ring (bicyclic) bond motifs is 1. The van der Waals surface area contributed by atoms with Gasteiger partial charge >= 0.3 is 5.97 Å². The average molecular weight is 263 g/mol. The molecule has 0 aromatic heterocycles. The lowest BCUT2D eigenvalue weighted by Crippen LogP contribution is -2.19. The second-order valence-corrected chi connectivity index (χ2v) is 4.90. The topological polar surface area (TPSA) is 61.5 Å². The minimum Gasteiger partial charge on any atom is -0.497 e. The summed E-state index contributed by atoms with van der Waals surface area (Å²) >= 11 is 0. The molecule has 4 nitrogen and oxygen atoms in total. The number of hydrogen-bond donors (Lipinski definition) is 1. The van der Waals surface area contributed by atoms with Crippen molar-refractivity contribution < 1.29 is 14.3 Å². The van der Waals surface area contributed by atoms with Crippen molar-refractivity contribution in [1.29, 1.82) is 0 Å². The van der Waals surface area contributed by atoms with Gasteiger partial charge in [-0.25, -0.2) is 0 Å². The fraction of sp³-hybridized carbons (Fsp3) is 0.533. The van der Waals surface area contributed by atoms with E-state index in [1.165, 1.54) is 11.1 Å². The summed E-state index contributed by atoms with van der Waals surface area (Å²) in [4.78, 5) is 11.5. The van der Waals surface area contributed by atoms with Crippen molar-refractivity contribution in [3.63, 3.8) is 0 Å². The summed E-state index contributed by atoms with van der Waals surface area (Å²) in [5.74, 6) is 0.688. The quantitative estimate of drug-likeness (QED) is 0.820. The summed E-state index contributed by atoms with van der Waals surface area (Å²) < 4.78 is 10.3. The predicted molar refractivity (Wildman–Crippen MR) is 73.3 cm³/mol. The van der Waals surface area contributed by atoms with E-state index in [9.17, 15) is 4.79 Å². The SMILES string of the molecule is CCOC(=O)CCc1cc(OC)cc2c1CC(N)C2. The summed E-state index contributed by atoms with van der Waals surface area (Å²) in [6.45, 7) is 2.25. The fourth-order valence-electron chi connectivity index (χ4n) is 2.64. The molecule has 0 fully saturated rings. The van der Waals surface area contributed by atoms with Gasteiger partial charge < -0.3 is 15.2 Å². The molecular weight excluding hydrogens is 242 g/mol. The first-order chi connectivity index (χ1) is 9.13. The molecule has 1 unspecified atom stereocenters. The van der Waals surface area contributed by atoms with Crippen molar-refractivity contribution in [1.82, 2.24) is 0 Å². The highest BCUT2D eigenvalue weighted by Crippen LogP contribution is 2.30. The molecule has 0 bridgehead atoms. The van der Waals surface area contributed by atoms with Crippen LogP contribution in [0.3, 0.4) is 0 Å². The second-order valence-electron chi connectivity index (χ2n) is 4.90. The first-order valence-electron chi connectivity index (χ1n) is 6.74. The molecular formula is C15H21NO3. The van der Waals surface area contributed by atoms with Crippen LogP contribution in [0.5, 0.6) is 5.75 Å². The Bertz CT molecular complexity index is 471. The molecule has 1 aliphatic carbocycles. The molecule has 0 spiro atoms. The van der Waals surface area contributed by atoms with Crippen molar-refractivity contribution in [3.05, 3.63) is 28.8 Å². The van der Waals surface area contributed by atoms with Gasteiger partial charge in [0.25, 0.3) is 0 Å². The maximum absolute atomic E-state index is 11.5. The van der Waals surface area contributed by atoms with Crippen LogP contribution >= 0.6 is 0 Å². The van der Waals surface area contributed by atoms with Crippen LogP contribution in [0.1, 0.15) is 30.0 Å². The van der Waals surface area contributed by atoms with E-state index in [0.717, 1.165) is 24.2 Å². The number of methoxy groups -OCH3 is 1. The Balaban J connectivity index is 2.15. The predicted octanol–water partition coefficient (Wildman–Crippen LogP) is 1.62. The van der Waals surface area contributed by atoms with Crippen molar-refractivity contribution in [2.75, 3.05) is 13.7 Å². The summed E-state index contributed by atoms with van der Waals surface area (Å²) in [5, 5.41) is 0. The summed E-state index contributed by atoms with van der Waals surface area (Å²) in [5.41, 5.74) is 9.72. The van der Waals surface area contributed by atoms with Crippen LogP contribution < -0.4 is 10.5 Å². The van der Waals surface area contributed by atoms with E-state index in [4.69, 9.17) is 15.2 Å². The number of rotatable bonds is 5. The van der Waals surface area contributed by atoms with Crippen LogP contribution in [0.4, 0.5) is 0 Å². The molecule has 0 radical (unpaired) electrons. The minimum absolute atomic E-state index is 0.152. The molecule has 0 heterocycles. The fourth-order valence-corrected chi connectivity index (χ4v) is 2.64. The summed E-state index contributed by atoms with van der Waals surface area (Å²) in [7, 11) is 1.66. The zero-order valence-corrected chi connectivity index (χ0v) is 11.6. The summed E-state index contributed by atoms with van der Waals surface area (Å²) in [6, 6.07) is 4.25. The van der Waals surface area contributed by atoms with E-state index in [1.807, 2.05) is 13.0 Å². The number of hydrogen-bond acceptors (Lipinski definition) is 4. The third-order valence-corrected chi connectivity index (χ3v) is 3.50. The van der Waals surface area contributed by atoms with Crippen LogP contribution in [-0.2, 0) is 28.8 Å². The Morgan fingerprint density at radius 3 is 2.89 bits per heavy atom. The maximum Gasteiger partial charge on any atom is 0.306 e. The average Bonchev–Trinajstić information content (AvgIpc) is 2.76. The van der Waals surface area contributed by atoms with E-state index in [-0.39, 0.29) is 12.0 Å². The molecule has 0 aliphatic heterocycles. The third kappa shape index (κ3) is 3.26. The Labute approximate surface area is 113 Å². The number of esters is 1. The van der Waals surface area contributed by atoms with Gasteiger partial charge in [-0.15, -0.1) is 0 Å². The van der Waals surface area contributed by atoms with Gasteiger partial charge in [0.2, 0.25) is 0 Å². The first kappa shape index (κ1) is 13.9. The van der Waals surface area contributed by atoms with Crippen molar-refractivity contribution in [2.24, 2.45) is 5.73 Å². The van der Waals surface area contributed by atoms with Crippen LogP contribution in [-0.4, -0.2) is 25.7 Å².